The third-order valence-electron chi connectivity index (χ3n) is 4.49. The number of hydrogen-bond acceptors (Lipinski definition) is 5. The normalized spacial score (nSPS) is 13.1. The van der Waals surface area contributed by atoms with Crippen LogP contribution >= 0.6 is 0 Å². The van der Waals surface area contributed by atoms with E-state index in [0.29, 0.717) is 18.2 Å². The number of aryl methyl sites for hydroxylation is 1. The first-order chi connectivity index (χ1) is 14.0. The smallest absolute Gasteiger partial charge is 0.271 e. The summed E-state index contributed by atoms with van der Waals surface area (Å²) in [5, 5.41) is 2.48. The molecule has 0 radical (unpaired) electrons. The number of nitrogens with zero attached hydrogens (tertiary/aromatic N) is 4. The van der Waals surface area contributed by atoms with Crippen LogP contribution in [-0.2, 0) is 11.3 Å². The lowest BCUT2D eigenvalue weighted by Crippen LogP contribution is -2.24. The Morgan fingerprint density at radius 1 is 1.28 bits per heavy atom. The molecule has 29 heavy (non-hydrogen) atoms. The number of carbonyl (C=O) groups excluding carboxylic acids is 1. The summed E-state index contributed by atoms with van der Waals surface area (Å²) in [6.07, 6.45) is 7.02. The fourth-order valence-electron chi connectivity index (χ4n) is 2.92. The zero-order chi connectivity index (χ0) is 20.4. The molecular weight excluding hydrogens is 380 g/mol. The van der Waals surface area contributed by atoms with Crippen molar-refractivity contribution in [3.05, 3.63) is 77.5 Å². The number of amides is 1. The van der Waals surface area contributed by atoms with Gasteiger partial charge in [-0.2, -0.15) is 0 Å². The molecule has 0 saturated carbocycles. The Morgan fingerprint density at radius 3 is 2.79 bits per heavy atom. The summed E-state index contributed by atoms with van der Waals surface area (Å²) in [6.45, 7) is 2.16. The molecule has 0 aliphatic carbocycles. The van der Waals surface area contributed by atoms with Gasteiger partial charge in [0.2, 0.25) is 0 Å². The maximum absolute atomic E-state index is 13.7. The molecule has 1 amide bonds. The molecule has 1 N–H and O–H groups in total. The first kappa shape index (κ1) is 18.7. The van der Waals surface area contributed by atoms with E-state index in [9.17, 15) is 13.6 Å². The minimum Gasteiger partial charge on any atom is -0.500 e. The molecule has 2 aromatic heterocycles. The van der Waals surface area contributed by atoms with E-state index in [2.05, 4.69) is 20.3 Å². The average Bonchev–Trinajstić information content (AvgIpc) is 3.40. The molecule has 3 aromatic rings. The van der Waals surface area contributed by atoms with Gasteiger partial charge in [0.15, 0.2) is 5.82 Å². The van der Waals surface area contributed by atoms with Crippen LogP contribution in [0.15, 0.2) is 43.2 Å². The molecule has 4 rings (SSSR count). The highest BCUT2D eigenvalue weighted by atomic mass is 19.1. The van der Waals surface area contributed by atoms with E-state index in [-0.39, 0.29) is 17.8 Å². The maximum Gasteiger partial charge on any atom is 0.271 e. The van der Waals surface area contributed by atoms with Crippen molar-refractivity contribution in [2.24, 2.45) is 0 Å². The summed E-state index contributed by atoms with van der Waals surface area (Å²) in [6, 6.07) is 3.54. The minimum absolute atomic E-state index is 0.102. The van der Waals surface area contributed by atoms with Crippen LogP contribution in [0.3, 0.4) is 0 Å². The number of nitrogens with one attached hydrogen (secondary N) is 1. The van der Waals surface area contributed by atoms with Gasteiger partial charge in [-0.25, -0.2) is 23.7 Å². The SMILES string of the molecule is Cc1cnc(C2=COCC2)nc1-n1cnc(C(=O)NCc2c(F)cccc2F)c1. The molecule has 0 bridgehead atoms. The molecular formula is C20H17F2N5O2. The van der Waals surface area contributed by atoms with Crippen molar-refractivity contribution in [1.29, 1.82) is 0 Å². The van der Waals surface area contributed by atoms with E-state index in [1.807, 2.05) is 6.92 Å². The number of rotatable bonds is 5. The Bertz CT molecular complexity index is 1090. The first-order valence-electron chi connectivity index (χ1n) is 8.93. The topological polar surface area (TPSA) is 81.9 Å². The monoisotopic (exact) mass is 397 g/mol. The number of carbonyl (C=O) groups is 1. The summed E-state index contributed by atoms with van der Waals surface area (Å²) in [5.41, 5.74) is 1.59. The lowest BCUT2D eigenvalue weighted by molar-refractivity contribution is 0.0945. The number of benzene rings is 1. The van der Waals surface area contributed by atoms with Crippen LogP contribution in [0.4, 0.5) is 8.78 Å². The van der Waals surface area contributed by atoms with Gasteiger partial charge in [-0.1, -0.05) is 6.07 Å². The number of ether oxygens (including phenoxy) is 1. The minimum atomic E-state index is -0.717. The van der Waals surface area contributed by atoms with Gasteiger partial charge in [-0.05, 0) is 19.1 Å². The molecule has 1 aliphatic heterocycles. The summed E-state index contributed by atoms with van der Waals surface area (Å²) >= 11 is 0. The molecule has 9 heteroatoms. The predicted molar refractivity (Wildman–Crippen MR) is 100.0 cm³/mol. The Morgan fingerprint density at radius 2 is 2.07 bits per heavy atom. The zero-order valence-electron chi connectivity index (χ0n) is 15.5. The molecule has 0 atom stereocenters. The van der Waals surface area contributed by atoms with Crippen molar-refractivity contribution >= 4 is 11.5 Å². The fraction of sp³-hybridized carbons (Fsp3) is 0.200. The molecule has 7 nitrogen and oxygen atoms in total. The van der Waals surface area contributed by atoms with Crippen LogP contribution in [0, 0.1) is 18.6 Å². The Balaban J connectivity index is 1.52. The standard InChI is InChI=1S/C20H17F2N5O2/c1-12-7-23-18(13-5-6-29-10-13)26-19(12)27-9-17(25-11-27)20(28)24-8-14-15(21)3-2-4-16(14)22/h2-4,7,9-11H,5-6,8H2,1H3,(H,24,28). The van der Waals surface area contributed by atoms with Gasteiger partial charge >= 0.3 is 0 Å². The molecule has 3 heterocycles. The summed E-state index contributed by atoms with van der Waals surface area (Å²) in [5.74, 6) is -0.854. The van der Waals surface area contributed by atoms with Crippen molar-refractivity contribution in [2.45, 2.75) is 19.9 Å². The van der Waals surface area contributed by atoms with Gasteiger partial charge < -0.3 is 10.1 Å². The zero-order valence-corrected chi connectivity index (χ0v) is 15.5. The Kier molecular flexibility index (Phi) is 5.03. The van der Waals surface area contributed by atoms with E-state index in [1.54, 1.807) is 17.0 Å². The summed E-state index contributed by atoms with van der Waals surface area (Å²) in [7, 11) is 0. The van der Waals surface area contributed by atoms with Crippen molar-refractivity contribution < 1.29 is 18.3 Å². The van der Waals surface area contributed by atoms with Crippen molar-refractivity contribution in [1.82, 2.24) is 24.8 Å². The lowest BCUT2D eigenvalue weighted by atomic mass is 10.2. The quantitative estimate of drug-likeness (QED) is 0.716. The van der Waals surface area contributed by atoms with E-state index < -0.39 is 17.5 Å². The van der Waals surface area contributed by atoms with E-state index in [0.717, 1.165) is 29.7 Å². The molecule has 0 spiro atoms. The van der Waals surface area contributed by atoms with E-state index >= 15 is 0 Å². The van der Waals surface area contributed by atoms with E-state index in [1.165, 1.54) is 18.6 Å². The average molecular weight is 397 g/mol. The van der Waals surface area contributed by atoms with Gasteiger partial charge in [-0.15, -0.1) is 0 Å². The third-order valence-corrected chi connectivity index (χ3v) is 4.49. The number of halogens is 2. The molecule has 0 saturated heterocycles. The van der Waals surface area contributed by atoms with Crippen LogP contribution in [0.2, 0.25) is 0 Å². The highest BCUT2D eigenvalue weighted by Gasteiger charge is 2.16. The molecule has 1 aromatic carbocycles. The highest BCUT2D eigenvalue weighted by molar-refractivity contribution is 5.92. The highest BCUT2D eigenvalue weighted by Crippen LogP contribution is 2.22. The van der Waals surface area contributed by atoms with Crippen LogP contribution in [-0.4, -0.2) is 32.0 Å². The number of imidazole rings is 1. The fourth-order valence-corrected chi connectivity index (χ4v) is 2.92. The number of hydrogen-bond donors (Lipinski definition) is 1. The Labute approximate surface area is 165 Å². The molecule has 148 valence electrons. The first-order valence-corrected chi connectivity index (χ1v) is 8.93. The van der Waals surface area contributed by atoms with Crippen LogP contribution in [0.5, 0.6) is 0 Å². The van der Waals surface area contributed by atoms with Crippen molar-refractivity contribution in [3.63, 3.8) is 0 Å². The lowest BCUT2D eigenvalue weighted by Gasteiger charge is -2.08. The Hall–Kier alpha value is -3.62. The van der Waals surface area contributed by atoms with Gasteiger partial charge in [0.05, 0.1) is 12.9 Å². The van der Waals surface area contributed by atoms with Gasteiger partial charge in [0.1, 0.15) is 29.5 Å². The molecule has 1 aliphatic rings. The third kappa shape index (κ3) is 3.84. The van der Waals surface area contributed by atoms with Gasteiger partial charge in [0, 0.05) is 42.1 Å². The molecule has 0 fully saturated rings. The van der Waals surface area contributed by atoms with Crippen LogP contribution in [0.25, 0.3) is 11.4 Å². The van der Waals surface area contributed by atoms with Crippen molar-refractivity contribution in [3.8, 4) is 5.82 Å². The second kappa shape index (κ2) is 7.78. The summed E-state index contributed by atoms with van der Waals surface area (Å²) < 4.78 is 34.2. The van der Waals surface area contributed by atoms with Crippen LogP contribution in [0.1, 0.15) is 33.9 Å². The second-order valence-electron chi connectivity index (χ2n) is 6.51. The van der Waals surface area contributed by atoms with Gasteiger partial charge in [-0.3, -0.25) is 9.36 Å². The largest absolute Gasteiger partial charge is 0.500 e. The number of aromatic nitrogens is 4. The summed E-state index contributed by atoms with van der Waals surface area (Å²) in [4.78, 5) is 25.3. The van der Waals surface area contributed by atoms with E-state index in [4.69, 9.17) is 4.74 Å². The van der Waals surface area contributed by atoms with Gasteiger partial charge in [0.25, 0.3) is 5.91 Å². The molecule has 0 unspecified atom stereocenters. The predicted octanol–water partition coefficient (Wildman–Crippen LogP) is 2.94. The van der Waals surface area contributed by atoms with Crippen molar-refractivity contribution in [2.75, 3.05) is 6.61 Å². The second-order valence-corrected chi connectivity index (χ2v) is 6.51. The maximum atomic E-state index is 13.7. The van der Waals surface area contributed by atoms with Crippen LogP contribution < -0.4 is 5.32 Å².